The predicted octanol–water partition coefficient (Wildman–Crippen LogP) is 2.78. The van der Waals surface area contributed by atoms with Gasteiger partial charge in [-0.05, 0) is 29.9 Å². The maximum absolute atomic E-state index is 11.9. The maximum atomic E-state index is 11.9. The molecule has 2 aliphatic rings. The number of hydrogen-bond acceptors (Lipinski definition) is 2. The van der Waals surface area contributed by atoms with E-state index in [1.807, 2.05) is 44.4 Å². The van der Waals surface area contributed by atoms with Crippen molar-refractivity contribution in [2.75, 3.05) is 6.61 Å². The molecular weight excluding hydrogens is 674 g/mol. The van der Waals surface area contributed by atoms with Crippen molar-refractivity contribution in [3.05, 3.63) is 79.4 Å². The van der Waals surface area contributed by atoms with Gasteiger partial charge in [0.15, 0.2) is 37.9 Å². The summed E-state index contributed by atoms with van der Waals surface area (Å²) in [6.07, 6.45) is 21.2. The molecule has 0 aliphatic heterocycles. The molecule has 2 saturated carbocycles. The number of pyridine rings is 2. The molecule has 2 fully saturated rings. The molecule has 0 spiro atoms. The van der Waals surface area contributed by atoms with E-state index < -0.39 is 15.1 Å². The first-order chi connectivity index (χ1) is 21.2. The van der Waals surface area contributed by atoms with Crippen molar-refractivity contribution in [3.63, 3.8) is 0 Å². The minimum absolute atomic E-state index is 0. The first-order valence-corrected chi connectivity index (χ1v) is 15.3. The Kier molecular flexibility index (Phi) is 31.4. The number of rotatable bonds is 7. The molecule has 0 radical (unpaired) electrons. The van der Waals surface area contributed by atoms with Crippen LogP contribution in [-0.2, 0) is 33.1 Å². The Morgan fingerprint density at radius 3 is 1.53 bits per heavy atom. The van der Waals surface area contributed by atoms with E-state index in [2.05, 4.69) is 57.9 Å². The second-order valence-electron chi connectivity index (χ2n) is 9.99. The van der Waals surface area contributed by atoms with E-state index in [0.29, 0.717) is 25.5 Å². The molecule has 264 valence electrons. The van der Waals surface area contributed by atoms with Crippen LogP contribution in [0, 0.1) is 5.92 Å². The second-order valence-corrected chi connectivity index (χ2v) is 9.99. The van der Waals surface area contributed by atoms with Crippen molar-refractivity contribution in [2.45, 2.75) is 84.6 Å². The van der Waals surface area contributed by atoms with E-state index in [1.54, 1.807) is 0 Å². The molecular formula is C32H44B2F8FeN2O2. The number of carbonyl (C=O) groups is 1. The largest absolute Gasteiger partial charge is 1.00 e. The maximum Gasteiger partial charge on any atom is 0.762 e. The minimum atomic E-state index is -3.67. The Hall–Kier alpha value is -2.92. The standard InChI is InChI=1S/C25H28N2O2.C5H10.C2H6.2BF3.2FH.Fe/c28-25(20-21-6-4-5-7-21)29-19-18-26-14-10-22(11-15-26)23-12-16-27(17-13-23)24-8-2-1-3-9-24;1-2-4-5-3-1;1-2;2*2-1(3)4;;;/h1-3,8-17,21H,4-7,18-20H2;1-5H2;1-2H3;;;2*1H;/q+2;;;;;;;/p-2. The smallest absolute Gasteiger partial charge is 0.762 e. The van der Waals surface area contributed by atoms with Gasteiger partial charge in [0.1, 0.15) is 0 Å². The fraction of sp³-hybridized carbons (Fsp3) is 0.469. The van der Waals surface area contributed by atoms with Crippen LogP contribution in [0.15, 0.2) is 79.4 Å². The van der Waals surface area contributed by atoms with E-state index in [0.717, 1.165) is 5.69 Å². The summed E-state index contributed by atoms with van der Waals surface area (Å²) in [5, 5.41) is 0. The van der Waals surface area contributed by atoms with Gasteiger partial charge in [-0.2, -0.15) is 4.57 Å². The third kappa shape index (κ3) is 24.0. The van der Waals surface area contributed by atoms with Crippen LogP contribution in [0.3, 0.4) is 0 Å². The molecule has 2 aliphatic carbocycles. The van der Waals surface area contributed by atoms with Crippen molar-refractivity contribution in [2.24, 2.45) is 5.92 Å². The number of esters is 1. The third-order valence-electron chi connectivity index (χ3n) is 6.90. The number of hydrogen-bond donors (Lipinski definition) is 0. The van der Waals surface area contributed by atoms with E-state index in [-0.39, 0.29) is 32.4 Å². The fourth-order valence-corrected chi connectivity index (χ4v) is 4.85. The molecule has 2 aromatic heterocycles. The Balaban J connectivity index is -0.000000906. The van der Waals surface area contributed by atoms with Gasteiger partial charge in [0.2, 0.25) is 5.69 Å². The van der Waals surface area contributed by atoms with Crippen LogP contribution in [0.4, 0.5) is 25.9 Å². The summed E-state index contributed by atoms with van der Waals surface area (Å²) in [4.78, 5) is 11.9. The van der Waals surface area contributed by atoms with E-state index in [1.165, 1.54) is 68.9 Å². The van der Waals surface area contributed by atoms with Crippen molar-refractivity contribution >= 4 is 21.1 Å². The van der Waals surface area contributed by atoms with Gasteiger partial charge >= 0.3 is 21.1 Å². The Labute approximate surface area is 285 Å². The van der Waals surface area contributed by atoms with E-state index in [9.17, 15) is 30.7 Å². The molecule has 3 aromatic rings. The fourth-order valence-electron chi connectivity index (χ4n) is 4.85. The van der Waals surface area contributed by atoms with Crippen LogP contribution in [0.1, 0.15) is 78.1 Å². The Morgan fingerprint density at radius 2 is 1.11 bits per heavy atom. The molecule has 15 heteroatoms. The summed E-state index contributed by atoms with van der Waals surface area (Å²) < 4.78 is 67.6. The molecule has 0 atom stereocenters. The summed E-state index contributed by atoms with van der Waals surface area (Å²) in [6, 6.07) is 18.7. The topological polar surface area (TPSA) is 34.1 Å². The monoisotopic (exact) mass is 718 g/mol. The number of benzene rings is 1. The van der Waals surface area contributed by atoms with Crippen LogP contribution >= 0.6 is 0 Å². The molecule has 0 saturated heterocycles. The average molecular weight is 718 g/mol. The third-order valence-corrected chi connectivity index (χ3v) is 6.90. The summed E-state index contributed by atoms with van der Waals surface area (Å²) in [5.74, 6) is 0.492. The quantitative estimate of drug-likeness (QED) is 0.163. The van der Waals surface area contributed by atoms with Gasteiger partial charge < -0.3 is 14.1 Å². The van der Waals surface area contributed by atoms with Crippen LogP contribution < -0.4 is 18.5 Å². The molecule has 0 unspecified atom stereocenters. The van der Waals surface area contributed by atoms with Crippen molar-refractivity contribution in [3.8, 4) is 16.8 Å². The zero-order valence-electron chi connectivity index (χ0n) is 26.8. The molecule has 4 nitrogen and oxygen atoms in total. The molecule has 0 amide bonds. The Bertz CT molecular complexity index is 1110. The predicted molar refractivity (Wildman–Crippen MR) is 164 cm³/mol. The number of ether oxygens (including phenoxy) is 1. The van der Waals surface area contributed by atoms with Gasteiger partial charge in [-0.25, -0.2) is 4.57 Å². The number of carbonyl (C=O) groups excluding carboxylic acids is 1. The molecule has 0 bridgehead atoms. The summed E-state index contributed by atoms with van der Waals surface area (Å²) in [7, 11) is -7.33. The number of para-hydroxylation sites is 1. The zero-order chi connectivity index (χ0) is 32.6. The number of nitrogens with zero attached hydrogens (tertiary/aromatic N) is 2. The molecule has 5 rings (SSSR count). The summed E-state index contributed by atoms with van der Waals surface area (Å²) >= 11 is 0. The molecule has 1 aromatic carbocycles. The SMILES string of the molecule is C1CCCC1.CC.FB(F)F.FB(F)F.O=C(CC1CCCC1)OCC[n+]1ccc(-c2cc[n+](-c3ccccc3)cc2)cc1.[F-].[F-].[Fe]. The van der Waals surface area contributed by atoms with Gasteiger partial charge in [0.25, 0.3) is 0 Å². The second kappa shape index (κ2) is 30.4. The molecule has 2 heterocycles. The van der Waals surface area contributed by atoms with Gasteiger partial charge in [-0.15, -0.1) is 0 Å². The van der Waals surface area contributed by atoms with Crippen LogP contribution in [0.5, 0.6) is 0 Å². The first kappa shape index (κ1) is 48.5. The summed E-state index contributed by atoms with van der Waals surface area (Å²) in [5.41, 5.74) is 3.49. The number of halogens is 8. The van der Waals surface area contributed by atoms with E-state index in [4.69, 9.17) is 4.74 Å². The molecule has 47 heavy (non-hydrogen) atoms. The van der Waals surface area contributed by atoms with E-state index >= 15 is 0 Å². The minimum Gasteiger partial charge on any atom is -1.00 e. The first-order valence-electron chi connectivity index (χ1n) is 15.3. The van der Waals surface area contributed by atoms with Crippen molar-refractivity contribution in [1.29, 1.82) is 0 Å². The summed E-state index contributed by atoms with van der Waals surface area (Å²) in [6.45, 7) is 5.11. The van der Waals surface area contributed by atoms with Crippen molar-refractivity contribution in [1.82, 2.24) is 0 Å². The number of aromatic nitrogens is 2. The van der Waals surface area contributed by atoms with Gasteiger partial charge in [0.05, 0.1) is 0 Å². The molecule has 0 N–H and O–H groups in total. The average Bonchev–Trinajstić information content (AvgIpc) is 3.77. The van der Waals surface area contributed by atoms with Crippen LogP contribution in [0.2, 0.25) is 0 Å². The van der Waals surface area contributed by atoms with Gasteiger partial charge in [-0.1, -0.05) is 77.0 Å². The normalized spacial score (nSPS) is 12.5. The zero-order valence-corrected chi connectivity index (χ0v) is 27.9. The van der Waals surface area contributed by atoms with Gasteiger partial charge in [-0.3, -0.25) is 30.7 Å². The van der Waals surface area contributed by atoms with Gasteiger partial charge in [0, 0.05) is 59.9 Å². The Morgan fingerprint density at radius 1 is 0.702 bits per heavy atom. The van der Waals surface area contributed by atoms with Crippen molar-refractivity contribution < 1.29 is 71.0 Å². The van der Waals surface area contributed by atoms with Crippen LogP contribution in [0.25, 0.3) is 16.8 Å². The van der Waals surface area contributed by atoms with Crippen LogP contribution in [-0.4, -0.2) is 27.7 Å².